The van der Waals surface area contributed by atoms with Gasteiger partial charge in [-0.15, -0.1) is 0 Å². The Morgan fingerprint density at radius 1 is 1.10 bits per heavy atom. The number of aromatic nitrogens is 1. The first-order valence-electron chi connectivity index (χ1n) is 5.39. The first-order valence-corrected chi connectivity index (χ1v) is 5.39. The maximum Gasteiger partial charge on any atom is 1.00 e. The number of hydrogen-bond donors (Lipinski definition) is 0. The van der Waals surface area contributed by atoms with E-state index in [4.69, 9.17) is 4.74 Å². The molecule has 98 valence electrons. The second-order valence-corrected chi connectivity index (χ2v) is 3.74. The molecular formula is C12H8BF3KNO2. The van der Waals surface area contributed by atoms with Crippen LogP contribution in [0.25, 0.3) is 0 Å². The molecule has 20 heavy (non-hydrogen) atoms. The monoisotopic (exact) mass is 305 g/mol. The maximum absolute atomic E-state index is 12.8. The third-order valence-corrected chi connectivity index (χ3v) is 2.38. The van der Waals surface area contributed by atoms with Crippen molar-refractivity contribution in [3.63, 3.8) is 0 Å². The van der Waals surface area contributed by atoms with Gasteiger partial charge in [0.15, 0.2) is 0 Å². The van der Waals surface area contributed by atoms with Crippen molar-refractivity contribution in [2.24, 2.45) is 0 Å². The van der Waals surface area contributed by atoms with Crippen molar-refractivity contribution in [2.45, 2.75) is 0 Å². The van der Waals surface area contributed by atoms with Crippen molar-refractivity contribution in [3.8, 4) is 5.75 Å². The summed E-state index contributed by atoms with van der Waals surface area (Å²) in [5, 5.41) is 0. The van der Waals surface area contributed by atoms with Crippen LogP contribution in [0.5, 0.6) is 5.75 Å². The first kappa shape index (κ1) is 17.4. The number of carbonyl (C=O) groups is 1. The summed E-state index contributed by atoms with van der Waals surface area (Å²) in [5.41, 5.74) is -1.59. The van der Waals surface area contributed by atoms with Gasteiger partial charge in [0.1, 0.15) is 5.75 Å². The summed E-state index contributed by atoms with van der Waals surface area (Å²) in [6, 6.07) is 8.90. The van der Waals surface area contributed by atoms with E-state index in [0.717, 1.165) is 12.3 Å². The molecule has 1 aromatic heterocycles. The molecule has 0 fully saturated rings. The predicted molar refractivity (Wildman–Crippen MR) is 64.3 cm³/mol. The van der Waals surface area contributed by atoms with Crippen molar-refractivity contribution >= 4 is 18.4 Å². The molecule has 0 aliphatic heterocycles. The quantitative estimate of drug-likeness (QED) is 0.430. The van der Waals surface area contributed by atoms with E-state index in [-0.39, 0.29) is 57.1 Å². The van der Waals surface area contributed by atoms with Crippen molar-refractivity contribution in [3.05, 3.63) is 54.4 Å². The Hall–Kier alpha value is -0.669. The minimum absolute atomic E-state index is 0. The van der Waals surface area contributed by atoms with Gasteiger partial charge in [-0.1, -0.05) is 23.7 Å². The average molecular weight is 305 g/mol. The van der Waals surface area contributed by atoms with Gasteiger partial charge in [0.05, 0.1) is 0 Å². The van der Waals surface area contributed by atoms with Crippen LogP contribution in [0.4, 0.5) is 12.9 Å². The van der Waals surface area contributed by atoms with Gasteiger partial charge in [0.2, 0.25) is 0 Å². The number of nitrogens with zero attached hydrogens (tertiary/aromatic N) is 1. The molecule has 1 heterocycles. The van der Waals surface area contributed by atoms with E-state index in [0.29, 0.717) is 6.20 Å². The summed E-state index contributed by atoms with van der Waals surface area (Å²) >= 11 is 0. The molecule has 0 saturated carbocycles. The van der Waals surface area contributed by atoms with Crippen LogP contribution in [0.1, 0.15) is 10.4 Å². The van der Waals surface area contributed by atoms with E-state index >= 15 is 0 Å². The number of ether oxygens (including phenoxy) is 1. The molecule has 0 aliphatic carbocycles. The fourth-order valence-electron chi connectivity index (χ4n) is 1.50. The summed E-state index contributed by atoms with van der Waals surface area (Å²) in [6.45, 7) is -5.31. The Bertz CT molecular complexity index is 593. The third-order valence-electron chi connectivity index (χ3n) is 2.38. The number of hydrogen-bond acceptors (Lipinski definition) is 3. The molecule has 0 aliphatic rings. The molecule has 0 saturated heterocycles. The SMILES string of the molecule is O=C(Oc1ccccc1)c1ccncc1[B-](F)(F)F.[K+]. The molecule has 0 unspecified atom stereocenters. The standard InChI is InChI=1S/C12H8BF3NO2.K/c14-13(15,16)11-8-17-7-6-10(11)12(18)19-9-4-2-1-3-5-9;/h1-8H;/q-1;+1. The van der Waals surface area contributed by atoms with Crippen molar-refractivity contribution < 1.29 is 73.9 Å². The van der Waals surface area contributed by atoms with E-state index in [2.05, 4.69) is 4.98 Å². The fraction of sp³-hybridized carbons (Fsp3) is 0. The van der Waals surface area contributed by atoms with Gasteiger partial charge in [-0.25, -0.2) is 4.79 Å². The number of esters is 1. The Kier molecular flexibility index (Phi) is 6.41. The number of para-hydroxylation sites is 1. The Morgan fingerprint density at radius 3 is 2.35 bits per heavy atom. The number of rotatable bonds is 3. The van der Waals surface area contributed by atoms with Crippen molar-refractivity contribution in [1.29, 1.82) is 0 Å². The smallest absolute Gasteiger partial charge is 0.445 e. The second-order valence-electron chi connectivity index (χ2n) is 3.74. The Balaban J connectivity index is 0.00000200. The summed E-state index contributed by atoms with van der Waals surface area (Å²) in [4.78, 5) is 15.1. The predicted octanol–water partition coefficient (Wildman–Crippen LogP) is -0.641. The second kappa shape index (κ2) is 7.37. The zero-order valence-electron chi connectivity index (χ0n) is 10.6. The number of carbonyl (C=O) groups excluding carboxylic acids is 1. The molecule has 2 aromatic rings. The number of benzene rings is 1. The van der Waals surface area contributed by atoms with E-state index in [1.165, 1.54) is 12.1 Å². The number of halogens is 3. The molecule has 0 radical (unpaired) electrons. The molecule has 0 bridgehead atoms. The van der Waals surface area contributed by atoms with Gasteiger partial charge in [-0.2, -0.15) is 0 Å². The van der Waals surface area contributed by atoms with Crippen LogP contribution in [-0.4, -0.2) is 17.9 Å². The fourth-order valence-corrected chi connectivity index (χ4v) is 1.50. The molecule has 0 spiro atoms. The molecule has 1 aromatic carbocycles. The van der Waals surface area contributed by atoms with Crippen LogP contribution < -0.4 is 61.6 Å². The van der Waals surface area contributed by atoms with Gasteiger partial charge >= 0.3 is 64.3 Å². The van der Waals surface area contributed by atoms with E-state index in [9.17, 15) is 17.7 Å². The molecule has 0 atom stereocenters. The van der Waals surface area contributed by atoms with Gasteiger partial charge < -0.3 is 17.7 Å². The summed E-state index contributed by atoms with van der Waals surface area (Å²) in [5.74, 6) is -0.868. The minimum Gasteiger partial charge on any atom is -0.445 e. The largest absolute Gasteiger partial charge is 1.00 e. The maximum atomic E-state index is 12.8. The van der Waals surface area contributed by atoms with Crippen LogP contribution in [0, 0.1) is 0 Å². The Morgan fingerprint density at radius 2 is 1.75 bits per heavy atom. The van der Waals surface area contributed by atoms with E-state index in [1.54, 1.807) is 18.2 Å². The molecule has 0 amide bonds. The topological polar surface area (TPSA) is 39.2 Å². The van der Waals surface area contributed by atoms with E-state index < -0.39 is 24.0 Å². The van der Waals surface area contributed by atoms with Crippen molar-refractivity contribution in [2.75, 3.05) is 0 Å². The minimum atomic E-state index is -5.31. The first-order chi connectivity index (χ1) is 8.98. The summed E-state index contributed by atoms with van der Waals surface area (Å²) in [7, 11) is 0. The van der Waals surface area contributed by atoms with Crippen LogP contribution in [-0.2, 0) is 0 Å². The van der Waals surface area contributed by atoms with Crippen LogP contribution in [0.3, 0.4) is 0 Å². The normalized spacial score (nSPS) is 10.6. The third kappa shape index (κ3) is 4.42. The molecule has 2 rings (SSSR count). The molecule has 0 N–H and O–H groups in total. The van der Waals surface area contributed by atoms with Crippen LogP contribution >= 0.6 is 0 Å². The van der Waals surface area contributed by atoms with Crippen molar-refractivity contribution in [1.82, 2.24) is 4.98 Å². The molecule has 3 nitrogen and oxygen atoms in total. The van der Waals surface area contributed by atoms with Gasteiger partial charge in [-0.3, -0.25) is 4.98 Å². The molecule has 8 heteroatoms. The average Bonchev–Trinajstić information content (AvgIpc) is 2.39. The molecular weight excluding hydrogens is 297 g/mol. The van der Waals surface area contributed by atoms with Gasteiger partial charge in [0.25, 0.3) is 0 Å². The number of pyridine rings is 1. The summed E-state index contributed by atoms with van der Waals surface area (Å²) in [6.07, 6.45) is 1.74. The van der Waals surface area contributed by atoms with Gasteiger partial charge in [0, 0.05) is 18.0 Å². The van der Waals surface area contributed by atoms with E-state index in [1.807, 2.05) is 0 Å². The zero-order chi connectivity index (χ0) is 13.9. The zero-order valence-corrected chi connectivity index (χ0v) is 13.7. The Labute approximate surface area is 156 Å². The van der Waals surface area contributed by atoms with Crippen LogP contribution in [0.15, 0.2) is 48.8 Å². The summed E-state index contributed by atoms with van der Waals surface area (Å²) < 4.78 is 43.2. The van der Waals surface area contributed by atoms with Gasteiger partial charge in [-0.05, 0) is 18.2 Å². The van der Waals surface area contributed by atoms with Crippen LogP contribution in [0.2, 0.25) is 0 Å².